The van der Waals surface area contributed by atoms with Crippen LogP contribution >= 0.6 is 0 Å². The third-order valence-corrected chi connectivity index (χ3v) is 1.45. The van der Waals surface area contributed by atoms with Crippen molar-refractivity contribution in [1.29, 1.82) is 0 Å². The molecule has 0 aromatic rings. The minimum absolute atomic E-state index is 0.477. The number of carboxylic acid groups (broad SMARTS) is 1. The van der Waals surface area contributed by atoms with Crippen molar-refractivity contribution in [2.24, 2.45) is 0 Å². The Kier molecular flexibility index (Phi) is 5.78. The number of carboxylic acids is 1. The Morgan fingerprint density at radius 3 is 2.14 bits per heavy atom. The molecule has 0 radical (unpaired) electrons. The molecule has 0 aromatic heterocycles. The molecule has 0 saturated carbocycles. The van der Waals surface area contributed by atoms with Gasteiger partial charge >= 0.3 is 11.9 Å². The van der Waals surface area contributed by atoms with Crippen molar-refractivity contribution >= 4 is 11.9 Å². The average Bonchev–Trinajstić information content (AvgIpc) is 2.01. The van der Waals surface area contributed by atoms with Crippen LogP contribution in [-0.4, -0.2) is 17.0 Å². The van der Waals surface area contributed by atoms with Crippen LogP contribution in [0.5, 0.6) is 0 Å². The Hall–Kier alpha value is -1.84. The standard InChI is InChI=1S/2C5H6O2/c6-5(7)4-2-1-3-4;1-3-5(6)7-4-2/h2H,1,3H2,(H,6,7);3-4H,1-2H2. The molecule has 4 nitrogen and oxygen atoms in total. The highest BCUT2D eigenvalue weighted by Crippen LogP contribution is 2.16. The quantitative estimate of drug-likeness (QED) is 0.423. The molecule has 0 aliphatic heterocycles. The second kappa shape index (κ2) is 6.65. The van der Waals surface area contributed by atoms with Gasteiger partial charge in [-0.2, -0.15) is 0 Å². The number of carbonyl (C=O) groups excluding carboxylic acids is 1. The molecule has 4 heteroatoms. The smallest absolute Gasteiger partial charge is 0.334 e. The Labute approximate surface area is 82.2 Å². The second-order valence-corrected chi connectivity index (χ2v) is 2.38. The summed E-state index contributed by atoms with van der Waals surface area (Å²) >= 11 is 0. The van der Waals surface area contributed by atoms with E-state index in [0.717, 1.165) is 25.2 Å². The molecule has 14 heavy (non-hydrogen) atoms. The van der Waals surface area contributed by atoms with Gasteiger partial charge in [0.2, 0.25) is 0 Å². The number of aliphatic carboxylic acids is 1. The molecule has 0 fully saturated rings. The van der Waals surface area contributed by atoms with Crippen molar-refractivity contribution in [2.75, 3.05) is 0 Å². The molecule has 0 atom stereocenters. The van der Waals surface area contributed by atoms with Crippen molar-refractivity contribution in [3.8, 4) is 0 Å². The van der Waals surface area contributed by atoms with Crippen LogP contribution in [0.1, 0.15) is 12.8 Å². The minimum Gasteiger partial charge on any atom is -0.478 e. The first-order valence-electron chi connectivity index (χ1n) is 3.98. The summed E-state index contributed by atoms with van der Waals surface area (Å²) < 4.78 is 4.20. The van der Waals surface area contributed by atoms with Crippen molar-refractivity contribution < 1.29 is 19.4 Å². The maximum Gasteiger partial charge on any atom is 0.334 e. The average molecular weight is 196 g/mol. The number of allylic oxidation sites excluding steroid dienone is 1. The second-order valence-electron chi connectivity index (χ2n) is 2.38. The fraction of sp³-hybridized carbons (Fsp3) is 0.200. The monoisotopic (exact) mass is 196 g/mol. The summed E-state index contributed by atoms with van der Waals surface area (Å²) in [7, 11) is 0. The number of ether oxygens (including phenoxy) is 1. The number of hydrogen-bond donors (Lipinski definition) is 1. The molecule has 1 N–H and O–H groups in total. The Bertz CT molecular complexity index is 274. The topological polar surface area (TPSA) is 63.6 Å². The number of esters is 1. The normalized spacial score (nSPS) is 12.1. The first-order chi connectivity index (χ1) is 6.61. The van der Waals surface area contributed by atoms with Crippen LogP contribution in [-0.2, 0) is 14.3 Å². The summed E-state index contributed by atoms with van der Waals surface area (Å²) in [5.74, 6) is -1.23. The van der Waals surface area contributed by atoms with E-state index in [1.54, 1.807) is 6.08 Å². The zero-order valence-corrected chi connectivity index (χ0v) is 7.73. The van der Waals surface area contributed by atoms with E-state index in [9.17, 15) is 9.59 Å². The summed E-state index contributed by atoms with van der Waals surface area (Å²) in [6.07, 6.45) is 5.57. The van der Waals surface area contributed by atoms with E-state index in [2.05, 4.69) is 17.9 Å². The van der Waals surface area contributed by atoms with Crippen LogP contribution in [0.2, 0.25) is 0 Å². The lowest BCUT2D eigenvalue weighted by Gasteiger charge is -2.06. The molecule has 0 amide bonds. The molecular formula is C10H12O4. The van der Waals surface area contributed by atoms with Gasteiger partial charge in [-0.05, 0) is 12.8 Å². The highest BCUT2D eigenvalue weighted by molar-refractivity contribution is 5.87. The molecular weight excluding hydrogens is 184 g/mol. The molecule has 76 valence electrons. The van der Waals surface area contributed by atoms with Crippen LogP contribution in [0, 0.1) is 0 Å². The lowest BCUT2D eigenvalue weighted by molar-refractivity contribution is -0.133. The summed E-state index contributed by atoms with van der Waals surface area (Å²) in [6, 6.07) is 0. The summed E-state index contributed by atoms with van der Waals surface area (Å²) in [6.45, 7) is 6.31. The third kappa shape index (κ3) is 4.92. The van der Waals surface area contributed by atoms with Gasteiger partial charge in [0.05, 0.1) is 6.26 Å². The van der Waals surface area contributed by atoms with Gasteiger partial charge in [0.15, 0.2) is 0 Å². The van der Waals surface area contributed by atoms with E-state index < -0.39 is 11.9 Å². The van der Waals surface area contributed by atoms with Crippen molar-refractivity contribution in [3.63, 3.8) is 0 Å². The van der Waals surface area contributed by atoms with Gasteiger partial charge in [-0.15, -0.1) is 0 Å². The van der Waals surface area contributed by atoms with E-state index in [4.69, 9.17) is 5.11 Å². The summed E-state index contributed by atoms with van der Waals surface area (Å²) in [5.41, 5.74) is 0.569. The zero-order chi connectivity index (χ0) is 11.0. The van der Waals surface area contributed by atoms with E-state index >= 15 is 0 Å². The highest BCUT2D eigenvalue weighted by Gasteiger charge is 2.11. The predicted molar refractivity (Wildman–Crippen MR) is 51.4 cm³/mol. The van der Waals surface area contributed by atoms with E-state index in [1.807, 2.05) is 0 Å². The minimum atomic E-state index is -0.758. The Balaban J connectivity index is 0.000000241. The van der Waals surface area contributed by atoms with E-state index in [1.165, 1.54) is 0 Å². The number of rotatable bonds is 3. The highest BCUT2D eigenvalue weighted by atomic mass is 16.5. The van der Waals surface area contributed by atoms with Crippen molar-refractivity contribution in [2.45, 2.75) is 12.8 Å². The molecule has 0 spiro atoms. The molecule has 0 heterocycles. The van der Waals surface area contributed by atoms with Crippen LogP contribution in [0.25, 0.3) is 0 Å². The predicted octanol–water partition coefficient (Wildman–Crippen LogP) is 1.65. The molecule has 0 unspecified atom stereocenters. The first kappa shape index (κ1) is 12.2. The van der Waals surface area contributed by atoms with Gasteiger partial charge in [0.1, 0.15) is 0 Å². The van der Waals surface area contributed by atoms with Crippen molar-refractivity contribution in [1.82, 2.24) is 0 Å². The van der Waals surface area contributed by atoms with Gasteiger partial charge in [-0.3, -0.25) is 0 Å². The van der Waals surface area contributed by atoms with Gasteiger partial charge in [0, 0.05) is 11.6 Å². The molecule has 1 aliphatic rings. The zero-order valence-electron chi connectivity index (χ0n) is 7.73. The maximum atomic E-state index is 10.0. The fourth-order valence-electron chi connectivity index (χ4n) is 0.613. The SMILES string of the molecule is C=COC(=O)C=C.O=C(O)C1=CCC1. The summed E-state index contributed by atoms with van der Waals surface area (Å²) in [4.78, 5) is 19.9. The third-order valence-electron chi connectivity index (χ3n) is 1.45. The molecule has 1 rings (SSSR count). The molecule has 1 aliphatic carbocycles. The number of hydrogen-bond acceptors (Lipinski definition) is 3. The van der Waals surface area contributed by atoms with Gasteiger partial charge in [0.25, 0.3) is 0 Å². The fourth-order valence-corrected chi connectivity index (χ4v) is 0.613. The van der Waals surface area contributed by atoms with Gasteiger partial charge in [-0.25, -0.2) is 9.59 Å². The first-order valence-corrected chi connectivity index (χ1v) is 3.98. The van der Waals surface area contributed by atoms with Crippen molar-refractivity contribution in [3.05, 3.63) is 37.1 Å². The van der Waals surface area contributed by atoms with Gasteiger partial charge in [-0.1, -0.05) is 19.2 Å². The largest absolute Gasteiger partial charge is 0.478 e. The summed E-state index contributed by atoms with van der Waals surface area (Å²) in [5, 5.41) is 8.16. The Morgan fingerprint density at radius 2 is 2.07 bits per heavy atom. The molecule has 0 bridgehead atoms. The maximum absolute atomic E-state index is 10.0. The van der Waals surface area contributed by atoms with Gasteiger partial charge < -0.3 is 9.84 Å². The molecule has 0 aromatic carbocycles. The van der Waals surface area contributed by atoms with Crippen LogP contribution in [0.15, 0.2) is 37.1 Å². The lowest BCUT2D eigenvalue weighted by atomic mass is 10.00. The number of carbonyl (C=O) groups is 2. The van der Waals surface area contributed by atoms with E-state index in [0.29, 0.717) is 5.57 Å². The Morgan fingerprint density at radius 1 is 1.50 bits per heavy atom. The lowest BCUT2D eigenvalue weighted by Crippen LogP contribution is -2.05. The van der Waals surface area contributed by atoms with Crippen LogP contribution in [0.3, 0.4) is 0 Å². The van der Waals surface area contributed by atoms with E-state index in [-0.39, 0.29) is 0 Å². The van der Waals surface area contributed by atoms with Crippen LogP contribution in [0.4, 0.5) is 0 Å². The molecule has 0 saturated heterocycles. The van der Waals surface area contributed by atoms with Crippen LogP contribution < -0.4 is 0 Å².